The highest BCUT2D eigenvalue weighted by molar-refractivity contribution is 7.10. The summed E-state index contributed by atoms with van der Waals surface area (Å²) in [5.74, 6) is 1.46. The SMILES string of the molecule is COc1cccc(CC(N)c2cccs2)c1OCc1ccc(Cl)cc1. The van der Waals surface area contributed by atoms with E-state index in [4.69, 9.17) is 26.8 Å². The lowest BCUT2D eigenvalue weighted by atomic mass is 10.0. The predicted octanol–water partition coefficient (Wildman–Crippen LogP) is 5.23. The zero-order valence-electron chi connectivity index (χ0n) is 13.9. The Hall–Kier alpha value is -2.01. The lowest BCUT2D eigenvalue weighted by molar-refractivity contribution is 0.281. The summed E-state index contributed by atoms with van der Waals surface area (Å²) < 4.78 is 11.6. The van der Waals surface area contributed by atoms with E-state index >= 15 is 0 Å². The minimum Gasteiger partial charge on any atom is -0.493 e. The number of thiophene rings is 1. The van der Waals surface area contributed by atoms with Crippen molar-refractivity contribution in [3.05, 3.63) is 81.0 Å². The molecule has 1 unspecified atom stereocenters. The molecule has 5 heteroatoms. The lowest BCUT2D eigenvalue weighted by Crippen LogP contribution is -2.13. The largest absolute Gasteiger partial charge is 0.493 e. The summed E-state index contributed by atoms with van der Waals surface area (Å²) >= 11 is 7.60. The van der Waals surface area contributed by atoms with E-state index in [1.807, 2.05) is 53.9 Å². The molecule has 0 radical (unpaired) electrons. The number of halogens is 1. The second-order valence-corrected chi connectivity index (χ2v) is 7.11. The van der Waals surface area contributed by atoms with Crippen LogP contribution in [-0.2, 0) is 13.0 Å². The molecule has 0 amide bonds. The molecule has 0 saturated heterocycles. The van der Waals surface area contributed by atoms with Gasteiger partial charge in [0.25, 0.3) is 0 Å². The number of methoxy groups -OCH3 is 1. The van der Waals surface area contributed by atoms with E-state index in [0.717, 1.165) is 21.8 Å². The van der Waals surface area contributed by atoms with Crippen LogP contribution < -0.4 is 15.2 Å². The minimum absolute atomic E-state index is 0.0648. The molecular weight excluding hydrogens is 354 g/mol. The Morgan fingerprint density at radius 3 is 2.56 bits per heavy atom. The maximum Gasteiger partial charge on any atom is 0.164 e. The number of para-hydroxylation sites is 1. The van der Waals surface area contributed by atoms with Crippen LogP contribution in [0.25, 0.3) is 0 Å². The zero-order chi connectivity index (χ0) is 17.6. The van der Waals surface area contributed by atoms with E-state index in [2.05, 4.69) is 6.07 Å². The van der Waals surface area contributed by atoms with Gasteiger partial charge in [0, 0.05) is 15.9 Å². The number of ether oxygens (including phenoxy) is 2. The highest BCUT2D eigenvalue weighted by Crippen LogP contribution is 2.34. The number of rotatable bonds is 7. The molecule has 1 heterocycles. The van der Waals surface area contributed by atoms with Crippen molar-refractivity contribution < 1.29 is 9.47 Å². The normalized spacial score (nSPS) is 12.0. The minimum atomic E-state index is -0.0648. The first kappa shape index (κ1) is 17.8. The first-order valence-electron chi connectivity index (χ1n) is 7.99. The molecule has 0 aliphatic carbocycles. The predicted molar refractivity (Wildman–Crippen MR) is 104 cm³/mol. The van der Waals surface area contributed by atoms with Crippen molar-refractivity contribution in [3.8, 4) is 11.5 Å². The quantitative estimate of drug-likeness (QED) is 0.616. The molecule has 0 aliphatic heterocycles. The van der Waals surface area contributed by atoms with Crippen LogP contribution in [0.5, 0.6) is 11.5 Å². The molecule has 130 valence electrons. The first-order chi connectivity index (χ1) is 12.2. The molecular formula is C20H20ClNO2S. The van der Waals surface area contributed by atoms with Gasteiger partial charge in [-0.3, -0.25) is 0 Å². The van der Waals surface area contributed by atoms with Crippen molar-refractivity contribution >= 4 is 22.9 Å². The van der Waals surface area contributed by atoms with Gasteiger partial charge in [-0.25, -0.2) is 0 Å². The van der Waals surface area contributed by atoms with E-state index in [9.17, 15) is 0 Å². The Labute approximate surface area is 157 Å². The fourth-order valence-corrected chi connectivity index (χ4v) is 3.48. The molecule has 0 bridgehead atoms. The fourth-order valence-electron chi connectivity index (χ4n) is 2.62. The second kappa shape index (κ2) is 8.39. The average molecular weight is 374 g/mol. The van der Waals surface area contributed by atoms with Crippen molar-refractivity contribution in [1.29, 1.82) is 0 Å². The maximum atomic E-state index is 6.36. The van der Waals surface area contributed by atoms with E-state index in [1.54, 1.807) is 18.4 Å². The van der Waals surface area contributed by atoms with Gasteiger partial charge in [-0.2, -0.15) is 0 Å². The molecule has 0 aliphatic rings. The van der Waals surface area contributed by atoms with Crippen LogP contribution in [0.15, 0.2) is 60.0 Å². The van der Waals surface area contributed by atoms with Crippen LogP contribution in [0.1, 0.15) is 22.0 Å². The third-order valence-electron chi connectivity index (χ3n) is 3.93. The Balaban J connectivity index is 1.79. The smallest absolute Gasteiger partial charge is 0.164 e. The second-order valence-electron chi connectivity index (χ2n) is 5.69. The molecule has 0 fully saturated rings. The molecule has 1 aromatic heterocycles. The van der Waals surface area contributed by atoms with Crippen LogP contribution in [0.4, 0.5) is 0 Å². The van der Waals surface area contributed by atoms with Gasteiger partial charge in [0.2, 0.25) is 0 Å². The van der Waals surface area contributed by atoms with Crippen LogP contribution in [-0.4, -0.2) is 7.11 Å². The summed E-state index contributed by atoms with van der Waals surface area (Å²) in [6.45, 7) is 0.443. The summed E-state index contributed by atoms with van der Waals surface area (Å²) in [5.41, 5.74) is 8.44. The van der Waals surface area contributed by atoms with Gasteiger partial charge in [-0.15, -0.1) is 11.3 Å². The Kier molecular flexibility index (Phi) is 5.97. The van der Waals surface area contributed by atoms with Crippen molar-refractivity contribution in [2.24, 2.45) is 5.73 Å². The zero-order valence-corrected chi connectivity index (χ0v) is 15.5. The molecule has 0 spiro atoms. The van der Waals surface area contributed by atoms with Gasteiger partial charge in [0.05, 0.1) is 7.11 Å². The van der Waals surface area contributed by atoms with Crippen molar-refractivity contribution in [2.75, 3.05) is 7.11 Å². The molecule has 25 heavy (non-hydrogen) atoms. The monoisotopic (exact) mass is 373 g/mol. The standard InChI is InChI=1S/C20H20ClNO2S/c1-23-18-5-2-4-15(12-17(22)19-6-3-11-25-19)20(18)24-13-14-7-9-16(21)10-8-14/h2-11,17H,12-13,22H2,1H3. The third kappa shape index (κ3) is 4.54. The molecule has 3 aromatic rings. The van der Waals surface area contributed by atoms with Gasteiger partial charge < -0.3 is 15.2 Å². The van der Waals surface area contributed by atoms with Gasteiger partial charge >= 0.3 is 0 Å². The molecule has 3 rings (SSSR count). The Morgan fingerprint density at radius 1 is 1.08 bits per heavy atom. The summed E-state index contributed by atoms with van der Waals surface area (Å²) in [5, 5.41) is 2.75. The molecule has 2 aromatic carbocycles. The van der Waals surface area contributed by atoms with Gasteiger partial charge in [0.1, 0.15) is 6.61 Å². The van der Waals surface area contributed by atoms with Crippen molar-refractivity contribution in [2.45, 2.75) is 19.1 Å². The van der Waals surface area contributed by atoms with Crippen LogP contribution in [0.2, 0.25) is 5.02 Å². The number of hydrogen-bond donors (Lipinski definition) is 1. The third-order valence-corrected chi connectivity index (χ3v) is 5.18. The maximum absolute atomic E-state index is 6.36. The highest BCUT2D eigenvalue weighted by Gasteiger charge is 2.15. The fraction of sp³-hybridized carbons (Fsp3) is 0.200. The van der Waals surface area contributed by atoms with Gasteiger partial charge in [-0.1, -0.05) is 41.9 Å². The number of nitrogens with two attached hydrogens (primary N) is 1. The Bertz CT molecular complexity index is 803. The average Bonchev–Trinajstić information content (AvgIpc) is 3.16. The van der Waals surface area contributed by atoms with Crippen LogP contribution in [0.3, 0.4) is 0 Å². The molecule has 1 atom stereocenters. The summed E-state index contributed by atoms with van der Waals surface area (Å²) in [4.78, 5) is 1.16. The first-order valence-corrected chi connectivity index (χ1v) is 9.25. The molecule has 2 N–H and O–H groups in total. The van der Waals surface area contributed by atoms with Crippen LogP contribution in [0, 0.1) is 0 Å². The van der Waals surface area contributed by atoms with Gasteiger partial charge in [-0.05, 0) is 47.2 Å². The summed E-state index contributed by atoms with van der Waals surface area (Å²) in [6, 6.07) is 17.5. The number of hydrogen-bond acceptors (Lipinski definition) is 4. The summed E-state index contributed by atoms with van der Waals surface area (Å²) in [6.07, 6.45) is 0.688. The van der Waals surface area contributed by atoms with E-state index in [-0.39, 0.29) is 6.04 Å². The molecule has 3 nitrogen and oxygen atoms in total. The van der Waals surface area contributed by atoms with Crippen molar-refractivity contribution in [3.63, 3.8) is 0 Å². The molecule has 0 saturated carbocycles. The highest BCUT2D eigenvalue weighted by atomic mass is 35.5. The van der Waals surface area contributed by atoms with Crippen LogP contribution >= 0.6 is 22.9 Å². The topological polar surface area (TPSA) is 44.5 Å². The Morgan fingerprint density at radius 2 is 1.88 bits per heavy atom. The van der Waals surface area contributed by atoms with Gasteiger partial charge in [0.15, 0.2) is 11.5 Å². The number of benzene rings is 2. The lowest BCUT2D eigenvalue weighted by Gasteiger charge is -2.17. The van der Waals surface area contributed by atoms with E-state index in [0.29, 0.717) is 23.8 Å². The van der Waals surface area contributed by atoms with E-state index < -0.39 is 0 Å². The van der Waals surface area contributed by atoms with Crippen molar-refractivity contribution in [1.82, 2.24) is 0 Å². The summed E-state index contributed by atoms with van der Waals surface area (Å²) in [7, 11) is 1.65. The van der Waals surface area contributed by atoms with E-state index in [1.165, 1.54) is 0 Å².